The molecule has 0 fully saturated rings. The first kappa shape index (κ1) is 22.1. The maximum absolute atomic E-state index is 13.5. The molecule has 2 aromatic carbocycles. The van der Waals surface area contributed by atoms with E-state index in [2.05, 4.69) is 0 Å². The Labute approximate surface area is 191 Å². The first-order chi connectivity index (χ1) is 15.3. The van der Waals surface area contributed by atoms with Crippen LogP contribution in [0, 0.1) is 6.92 Å². The molecule has 2 heterocycles. The SMILES string of the molecule is Cc1ccccc1C1C(C(=O)c2cc3cc(Cl)ccc3o2)=C(O)C(=O)N1CCCN(C)C. The van der Waals surface area contributed by atoms with Gasteiger partial charge < -0.3 is 19.3 Å². The third-order valence-electron chi connectivity index (χ3n) is 5.74. The van der Waals surface area contributed by atoms with Gasteiger partial charge in [0.2, 0.25) is 5.78 Å². The lowest BCUT2D eigenvalue weighted by Crippen LogP contribution is -2.33. The number of aliphatic hydroxyl groups is 1. The summed E-state index contributed by atoms with van der Waals surface area (Å²) in [5.41, 5.74) is 2.29. The van der Waals surface area contributed by atoms with E-state index in [9.17, 15) is 14.7 Å². The molecule has 0 bridgehead atoms. The number of hydrogen-bond donors (Lipinski definition) is 1. The van der Waals surface area contributed by atoms with Crippen molar-refractivity contribution in [3.8, 4) is 0 Å². The van der Waals surface area contributed by atoms with E-state index in [0.29, 0.717) is 29.0 Å². The summed E-state index contributed by atoms with van der Waals surface area (Å²) in [6.07, 6.45) is 0.707. The molecule has 1 atom stereocenters. The normalized spacial score (nSPS) is 16.6. The summed E-state index contributed by atoms with van der Waals surface area (Å²) in [6.45, 7) is 3.11. The maximum Gasteiger partial charge on any atom is 0.290 e. The van der Waals surface area contributed by atoms with E-state index in [1.54, 1.807) is 29.2 Å². The molecule has 3 aromatic rings. The number of rotatable bonds is 7. The Hall–Kier alpha value is -3.09. The van der Waals surface area contributed by atoms with Crippen LogP contribution in [-0.2, 0) is 4.79 Å². The standard InChI is InChI=1S/C25H25ClN2O4/c1-15-7-4-5-8-18(15)22-21(24(30)25(31)28(22)12-6-11-27(2)3)23(29)20-14-16-13-17(26)9-10-19(16)32-20/h4-5,7-10,13-14,22,30H,6,11-12H2,1-3H3. The number of ketones is 1. The number of amides is 1. The second kappa shape index (κ2) is 8.81. The highest BCUT2D eigenvalue weighted by Gasteiger charge is 2.44. The number of Topliss-reactive ketones (excluding diaryl/α,β-unsaturated/α-hetero) is 1. The molecule has 1 N–H and O–H groups in total. The molecule has 7 heteroatoms. The fourth-order valence-electron chi connectivity index (χ4n) is 4.15. The van der Waals surface area contributed by atoms with Crippen molar-refractivity contribution in [2.45, 2.75) is 19.4 Å². The Bertz CT molecular complexity index is 1230. The van der Waals surface area contributed by atoms with Crippen molar-refractivity contribution in [3.63, 3.8) is 0 Å². The van der Waals surface area contributed by atoms with Crippen LogP contribution >= 0.6 is 11.6 Å². The lowest BCUT2D eigenvalue weighted by atomic mass is 9.92. The second-order valence-corrected chi connectivity index (χ2v) is 8.74. The summed E-state index contributed by atoms with van der Waals surface area (Å²) in [4.78, 5) is 30.2. The number of furan rings is 1. The van der Waals surface area contributed by atoms with E-state index in [4.69, 9.17) is 16.0 Å². The van der Waals surface area contributed by atoms with Crippen molar-refractivity contribution in [2.75, 3.05) is 27.2 Å². The van der Waals surface area contributed by atoms with E-state index in [1.165, 1.54) is 0 Å². The van der Waals surface area contributed by atoms with Gasteiger partial charge in [-0.3, -0.25) is 9.59 Å². The number of fused-ring (bicyclic) bond motifs is 1. The molecule has 0 radical (unpaired) electrons. The van der Waals surface area contributed by atoms with Gasteiger partial charge in [0.05, 0.1) is 11.6 Å². The van der Waals surface area contributed by atoms with Crippen LogP contribution in [0.15, 0.2) is 64.3 Å². The molecule has 0 saturated carbocycles. The third kappa shape index (κ3) is 4.04. The highest BCUT2D eigenvalue weighted by Crippen LogP contribution is 2.40. The van der Waals surface area contributed by atoms with Crippen molar-refractivity contribution in [2.24, 2.45) is 0 Å². The van der Waals surface area contributed by atoms with Crippen molar-refractivity contribution in [1.82, 2.24) is 9.80 Å². The molecule has 0 saturated heterocycles. The quantitative estimate of drug-likeness (QED) is 0.515. The lowest BCUT2D eigenvalue weighted by molar-refractivity contribution is -0.129. The number of aryl methyl sites for hydroxylation is 1. The minimum Gasteiger partial charge on any atom is -0.503 e. The molecule has 0 spiro atoms. The van der Waals surface area contributed by atoms with Crippen LogP contribution in [0.25, 0.3) is 11.0 Å². The van der Waals surface area contributed by atoms with Gasteiger partial charge in [-0.25, -0.2) is 0 Å². The van der Waals surface area contributed by atoms with E-state index in [-0.39, 0.29) is 11.3 Å². The summed E-state index contributed by atoms with van der Waals surface area (Å²) >= 11 is 6.06. The Kier molecular flexibility index (Phi) is 6.09. The number of aliphatic hydroxyl groups excluding tert-OH is 1. The molecule has 1 unspecified atom stereocenters. The number of carbonyl (C=O) groups excluding carboxylic acids is 2. The Morgan fingerprint density at radius 1 is 1.19 bits per heavy atom. The van der Waals surface area contributed by atoms with Crippen LogP contribution in [0.5, 0.6) is 0 Å². The van der Waals surface area contributed by atoms with E-state index in [1.807, 2.05) is 50.2 Å². The van der Waals surface area contributed by atoms with Gasteiger partial charge in [-0.05, 0) is 69.4 Å². The number of hydrogen-bond acceptors (Lipinski definition) is 5. The summed E-state index contributed by atoms with van der Waals surface area (Å²) in [5.74, 6) is -1.51. The van der Waals surface area contributed by atoms with Gasteiger partial charge in [0.1, 0.15) is 5.58 Å². The van der Waals surface area contributed by atoms with Gasteiger partial charge in [0.25, 0.3) is 5.91 Å². The molecular weight excluding hydrogens is 428 g/mol. The topological polar surface area (TPSA) is 74.0 Å². The van der Waals surface area contributed by atoms with Gasteiger partial charge in [0.15, 0.2) is 11.5 Å². The van der Waals surface area contributed by atoms with E-state index in [0.717, 1.165) is 17.7 Å². The van der Waals surface area contributed by atoms with Gasteiger partial charge in [-0.1, -0.05) is 35.9 Å². The van der Waals surface area contributed by atoms with Gasteiger partial charge in [0, 0.05) is 17.0 Å². The summed E-state index contributed by atoms with van der Waals surface area (Å²) in [5, 5.41) is 12.0. The van der Waals surface area contributed by atoms with Crippen LogP contribution in [0.4, 0.5) is 0 Å². The molecule has 166 valence electrons. The Morgan fingerprint density at radius 2 is 1.94 bits per heavy atom. The van der Waals surface area contributed by atoms with Crippen molar-refractivity contribution in [3.05, 3.63) is 81.8 Å². The van der Waals surface area contributed by atoms with Gasteiger partial charge in [-0.15, -0.1) is 0 Å². The Morgan fingerprint density at radius 3 is 2.66 bits per heavy atom. The summed E-state index contributed by atoms with van der Waals surface area (Å²) in [7, 11) is 3.92. The van der Waals surface area contributed by atoms with Crippen LogP contribution in [0.1, 0.15) is 34.1 Å². The molecule has 32 heavy (non-hydrogen) atoms. The average Bonchev–Trinajstić information content (AvgIpc) is 3.27. The zero-order valence-corrected chi connectivity index (χ0v) is 19.0. The maximum atomic E-state index is 13.5. The predicted molar refractivity (Wildman–Crippen MR) is 124 cm³/mol. The molecule has 4 rings (SSSR count). The Balaban J connectivity index is 1.77. The van der Waals surface area contributed by atoms with Crippen LogP contribution in [0.3, 0.4) is 0 Å². The van der Waals surface area contributed by atoms with Crippen LogP contribution in [-0.4, -0.2) is 53.8 Å². The van der Waals surface area contributed by atoms with Crippen molar-refractivity contribution < 1.29 is 19.1 Å². The summed E-state index contributed by atoms with van der Waals surface area (Å²) < 4.78 is 5.75. The van der Waals surface area contributed by atoms with Crippen LogP contribution < -0.4 is 0 Å². The molecule has 0 aliphatic carbocycles. The highest BCUT2D eigenvalue weighted by molar-refractivity contribution is 6.31. The average molecular weight is 453 g/mol. The van der Waals surface area contributed by atoms with E-state index < -0.39 is 23.5 Å². The first-order valence-electron chi connectivity index (χ1n) is 10.5. The first-order valence-corrected chi connectivity index (χ1v) is 10.8. The zero-order valence-electron chi connectivity index (χ0n) is 18.3. The monoisotopic (exact) mass is 452 g/mol. The molecular formula is C25H25ClN2O4. The fourth-order valence-corrected chi connectivity index (χ4v) is 4.33. The van der Waals surface area contributed by atoms with Gasteiger partial charge >= 0.3 is 0 Å². The lowest BCUT2D eigenvalue weighted by Gasteiger charge is -2.28. The molecule has 1 amide bonds. The number of carbonyl (C=O) groups is 2. The number of nitrogens with zero attached hydrogens (tertiary/aromatic N) is 2. The third-order valence-corrected chi connectivity index (χ3v) is 5.97. The highest BCUT2D eigenvalue weighted by atomic mass is 35.5. The molecule has 1 aromatic heterocycles. The number of halogens is 1. The molecule has 1 aliphatic heterocycles. The molecule has 6 nitrogen and oxygen atoms in total. The predicted octanol–water partition coefficient (Wildman–Crippen LogP) is 4.92. The van der Waals surface area contributed by atoms with Crippen molar-refractivity contribution >= 4 is 34.3 Å². The van der Waals surface area contributed by atoms with Gasteiger partial charge in [-0.2, -0.15) is 0 Å². The van der Waals surface area contributed by atoms with E-state index >= 15 is 0 Å². The second-order valence-electron chi connectivity index (χ2n) is 8.30. The smallest absolute Gasteiger partial charge is 0.290 e. The minimum atomic E-state index is -0.685. The minimum absolute atomic E-state index is 0.0410. The fraction of sp³-hybridized carbons (Fsp3) is 0.280. The zero-order chi connectivity index (χ0) is 23.0. The van der Waals surface area contributed by atoms with Crippen LogP contribution in [0.2, 0.25) is 5.02 Å². The summed E-state index contributed by atoms with van der Waals surface area (Å²) in [6, 6.07) is 13.6. The number of benzene rings is 2. The molecule has 1 aliphatic rings. The largest absolute Gasteiger partial charge is 0.503 e. The van der Waals surface area contributed by atoms with Crippen molar-refractivity contribution in [1.29, 1.82) is 0 Å².